The summed E-state index contributed by atoms with van der Waals surface area (Å²) in [6.07, 6.45) is 3.70. The van der Waals surface area contributed by atoms with Crippen molar-refractivity contribution in [2.45, 2.75) is 31.2 Å². The molecule has 2 atom stereocenters. The molecular formula is C13H14N2. The van der Waals surface area contributed by atoms with E-state index >= 15 is 0 Å². The van der Waals surface area contributed by atoms with E-state index in [2.05, 4.69) is 22.3 Å². The van der Waals surface area contributed by atoms with E-state index in [1.807, 2.05) is 6.07 Å². The molecule has 2 heteroatoms. The van der Waals surface area contributed by atoms with Gasteiger partial charge in [0.25, 0.3) is 0 Å². The monoisotopic (exact) mass is 198 g/mol. The van der Waals surface area contributed by atoms with Crippen molar-refractivity contribution in [3.63, 3.8) is 0 Å². The maximum absolute atomic E-state index is 7.05. The summed E-state index contributed by atoms with van der Waals surface area (Å²) >= 11 is 0. The van der Waals surface area contributed by atoms with Crippen LogP contribution in [0.15, 0.2) is 18.2 Å². The fraction of sp³-hybridized carbons (Fsp3) is 0.462. The molecule has 0 amide bonds. The molecule has 0 bridgehead atoms. The molecule has 1 aromatic rings. The van der Waals surface area contributed by atoms with Crippen LogP contribution < -0.4 is 5.32 Å². The number of rotatable bonds is 0. The van der Waals surface area contributed by atoms with Gasteiger partial charge in [0.05, 0.1) is 6.57 Å². The Morgan fingerprint density at radius 2 is 2.33 bits per heavy atom. The molecule has 15 heavy (non-hydrogen) atoms. The molecule has 0 spiro atoms. The number of nitrogens with zero attached hydrogens (tertiary/aromatic N) is 1. The lowest BCUT2D eigenvalue weighted by Crippen LogP contribution is -2.37. The van der Waals surface area contributed by atoms with Gasteiger partial charge in [-0.2, -0.15) is 0 Å². The Hall–Kier alpha value is -1.33. The number of fused-ring (bicyclic) bond motifs is 3. The van der Waals surface area contributed by atoms with E-state index in [1.54, 1.807) is 0 Å². The molecule has 1 N–H and O–H groups in total. The average molecular weight is 198 g/mol. The topological polar surface area (TPSA) is 16.4 Å². The van der Waals surface area contributed by atoms with Crippen LogP contribution in [0.3, 0.4) is 0 Å². The fourth-order valence-electron chi connectivity index (χ4n) is 2.96. The summed E-state index contributed by atoms with van der Waals surface area (Å²) in [5.41, 5.74) is 3.67. The number of hydrogen-bond acceptors (Lipinski definition) is 1. The molecule has 3 rings (SSSR count). The van der Waals surface area contributed by atoms with Crippen LogP contribution in [0.25, 0.3) is 4.85 Å². The van der Waals surface area contributed by atoms with Crippen molar-refractivity contribution in [3.8, 4) is 0 Å². The lowest BCUT2D eigenvalue weighted by molar-refractivity contribution is 0.373. The molecule has 76 valence electrons. The molecule has 1 heterocycles. The van der Waals surface area contributed by atoms with E-state index in [-0.39, 0.29) is 0 Å². The third-order valence-electron chi connectivity index (χ3n) is 3.68. The Morgan fingerprint density at radius 1 is 1.40 bits per heavy atom. The van der Waals surface area contributed by atoms with Crippen LogP contribution in [0.1, 0.15) is 29.9 Å². The van der Waals surface area contributed by atoms with Gasteiger partial charge in [0.2, 0.25) is 0 Å². The molecule has 0 saturated carbocycles. The molecule has 2 aliphatic rings. The molecule has 2 nitrogen and oxygen atoms in total. The summed E-state index contributed by atoms with van der Waals surface area (Å²) in [7, 11) is 0. The van der Waals surface area contributed by atoms with Crippen LogP contribution in [0.5, 0.6) is 0 Å². The molecule has 1 aliphatic carbocycles. The van der Waals surface area contributed by atoms with Crippen LogP contribution in [-0.2, 0) is 6.42 Å². The highest BCUT2D eigenvalue weighted by Crippen LogP contribution is 2.40. The number of nitrogens with one attached hydrogen (secondary N) is 1. The average Bonchev–Trinajstić information content (AvgIpc) is 2.66. The first-order valence-electron chi connectivity index (χ1n) is 5.62. The first kappa shape index (κ1) is 8.94. The summed E-state index contributed by atoms with van der Waals surface area (Å²) in [5.74, 6) is 0.662. The number of piperidine rings is 1. The van der Waals surface area contributed by atoms with Gasteiger partial charge in [0.15, 0.2) is 5.69 Å². The molecule has 1 aromatic carbocycles. The van der Waals surface area contributed by atoms with Gasteiger partial charge in [-0.05, 0) is 37.3 Å². The van der Waals surface area contributed by atoms with Crippen molar-refractivity contribution in [2.75, 3.05) is 6.54 Å². The third kappa shape index (κ3) is 1.35. The second kappa shape index (κ2) is 3.36. The molecule has 1 aliphatic heterocycles. The van der Waals surface area contributed by atoms with Gasteiger partial charge >= 0.3 is 0 Å². The van der Waals surface area contributed by atoms with Gasteiger partial charge < -0.3 is 5.32 Å². The van der Waals surface area contributed by atoms with Crippen molar-refractivity contribution < 1.29 is 0 Å². The SMILES string of the molecule is [C-]#[N+]c1ccc2c(c1)C1CCCNC1C2. The highest BCUT2D eigenvalue weighted by molar-refractivity contribution is 5.53. The van der Waals surface area contributed by atoms with Crippen LogP contribution >= 0.6 is 0 Å². The molecule has 2 unspecified atom stereocenters. The van der Waals surface area contributed by atoms with E-state index in [9.17, 15) is 0 Å². The first-order chi connectivity index (χ1) is 7.38. The molecule has 1 fully saturated rings. The molecular weight excluding hydrogens is 184 g/mol. The van der Waals surface area contributed by atoms with E-state index in [0.717, 1.165) is 18.7 Å². The predicted molar refractivity (Wildman–Crippen MR) is 60.2 cm³/mol. The lowest BCUT2D eigenvalue weighted by atomic mass is 9.90. The van der Waals surface area contributed by atoms with Crippen molar-refractivity contribution in [2.24, 2.45) is 0 Å². The summed E-state index contributed by atoms with van der Waals surface area (Å²) in [4.78, 5) is 3.52. The Bertz CT molecular complexity index is 431. The van der Waals surface area contributed by atoms with Crippen LogP contribution in [-0.4, -0.2) is 12.6 Å². The summed E-state index contributed by atoms with van der Waals surface area (Å²) in [6.45, 7) is 8.21. The van der Waals surface area contributed by atoms with Gasteiger partial charge in [-0.15, -0.1) is 0 Å². The van der Waals surface area contributed by atoms with E-state index in [0.29, 0.717) is 12.0 Å². The Morgan fingerprint density at radius 3 is 3.20 bits per heavy atom. The summed E-state index contributed by atoms with van der Waals surface area (Å²) in [6, 6.07) is 6.82. The third-order valence-corrected chi connectivity index (χ3v) is 3.68. The summed E-state index contributed by atoms with van der Waals surface area (Å²) < 4.78 is 0. The second-order valence-electron chi connectivity index (χ2n) is 4.51. The maximum atomic E-state index is 7.05. The van der Waals surface area contributed by atoms with Crippen molar-refractivity contribution in [3.05, 3.63) is 40.7 Å². The normalized spacial score (nSPS) is 27.9. The minimum atomic E-state index is 0.634. The quantitative estimate of drug-likeness (QED) is 0.634. The zero-order chi connectivity index (χ0) is 10.3. The van der Waals surface area contributed by atoms with Crippen molar-refractivity contribution in [1.82, 2.24) is 5.32 Å². The van der Waals surface area contributed by atoms with Crippen molar-refractivity contribution >= 4 is 5.69 Å². The van der Waals surface area contributed by atoms with Gasteiger partial charge in [0.1, 0.15) is 0 Å². The lowest BCUT2D eigenvalue weighted by Gasteiger charge is -2.27. The number of hydrogen-bond donors (Lipinski definition) is 1. The summed E-state index contributed by atoms with van der Waals surface area (Å²) in [5, 5.41) is 3.59. The van der Waals surface area contributed by atoms with Crippen molar-refractivity contribution in [1.29, 1.82) is 0 Å². The highest BCUT2D eigenvalue weighted by Gasteiger charge is 2.33. The van der Waals surface area contributed by atoms with E-state index in [1.165, 1.54) is 24.0 Å². The Balaban J connectivity index is 2.02. The van der Waals surface area contributed by atoms with Gasteiger partial charge in [-0.1, -0.05) is 23.8 Å². The Kier molecular flexibility index (Phi) is 2.00. The van der Waals surface area contributed by atoms with Gasteiger partial charge in [0, 0.05) is 6.04 Å². The van der Waals surface area contributed by atoms with Crippen LogP contribution in [0.2, 0.25) is 0 Å². The maximum Gasteiger partial charge on any atom is 0.187 e. The van der Waals surface area contributed by atoms with Gasteiger partial charge in [-0.3, -0.25) is 0 Å². The standard InChI is InChI=1S/C13H14N2/c1-14-10-5-4-9-7-13-11(12(9)8-10)3-2-6-15-13/h4-5,8,11,13,15H,2-3,6-7H2. The fourth-order valence-corrected chi connectivity index (χ4v) is 2.96. The molecule has 0 aromatic heterocycles. The second-order valence-corrected chi connectivity index (χ2v) is 4.51. The zero-order valence-electron chi connectivity index (χ0n) is 8.66. The van der Waals surface area contributed by atoms with E-state index in [4.69, 9.17) is 6.57 Å². The Labute approximate surface area is 90.1 Å². The van der Waals surface area contributed by atoms with Crippen LogP contribution in [0, 0.1) is 6.57 Å². The predicted octanol–water partition coefficient (Wildman–Crippen LogP) is 2.63. The highest BCUT2D eigenvalue weighted by atomic mass is 14.9. The largest absolute Gasteiger partial charge is 0.313 e. The zero-order valence-corrected chi connectivity index (χ0v) is 8.66. The molecule has 1 saturated heterocycles. The van der Waals surface area contributed by atoms with Crippen LogP contribution in [0.4, 0.5) is 5.69 Å². The molecule has 0 radical (unpaired) electrons. The van der Waals surface area contributed by atoms with Gasteiger partial charge in [-0.25, -0.2) is 4.85 Å². The smallest absolute Gasteiger partial charge is 0.187 e. The number of benzene rings is 1. The van der Waals surface area contributed by atoms with E-state index < -0.39 is 0 Å². The minimum Gasteiger partial charge on any atom is -0.313 e. The first-order valence-corrected chi connectivity index (χ1v) is 5.62. The minimum absolute atomic E-state index is 0.634.